The van der Waals surface area contributed by atoms with Gasteiger partial charge < -0.3 is 21.1 Å². The number of carbonyl (C=O) groups excluding carboxylic acids is 2. The zero-order valence-electron chi connectivity index (χ0n) is 18.6. The lowest BCUT2D eigenvalue weighted by atomic mass is 9.90. The van der Waals surface area contributed by atoms with Gasteiger partial charge in [-0.05, 0) is 44.9 Å². The summed E-state index contributed by atoms with van der Waals surface area (Å²) in [5, 5.41) is 9.45. The number of ether oxygens (including phenoxy) is 1. The zero-order valence-corrected chi connectivity index (χ0v) is 18.6. The van der Waals surface area contributed by atoms with E-state index in [9.17, 15) is 19.7 Å². The van der Waals surface area contributed by atoms with Crippen molar-refractivity contribution in [3.05, 3.63) is 10.1 Å². The highest BCUT2D eigenvalue weighted by Crippen LogP contribution is 2.24. The molecule has 1 amide bonds. The van der Waals surface area contributed by atoms with Crippen molar-refractivity contribution >= 4 is 17.8 Å². The first-order valence-corrected chi connectivity index (χ1v) is 11.2. The Kier molecular flexibility index (Phi) is 13.2. The fourth-order valence-electron chi connectivity index (χ4n) is 3.73. The molecule has 5 N–H and O–H groups in total. The van der Waals surface area contributed by atoms with Gasteiger partial charge in [0.05, 0.1) is 12.6 Å². The van der Waals surface area contributed by atoms with E-state index < -0.39 is 11.1 Å². The van der Waals surface area contributed by atoms with Gasteiger partial charge in [0.1, 0.15) is 0 Å². The first-order chi connectivity index (χ1) is 14.8. The van der Waals surface area contributed by atoms with Gasteiger partial charge in [-0.2, -0.15) is 0 Å². The summed E-state index contributed by atoms with van der Waals surface area (Å²) in [5.74, 6) is 0.224. The van der Waals surface area contributed by atoms with Crippen LogP contribution in [0, 0.1) is 16.0 Å². The Bertz CT molecular complexity index is 593. The van der Waals surface area contributed by atoms with Crippen molar-refractivity contribution < 1.29 is 19.4 Å². The first kappa shape index (κ1) is 26.6. The molecule has 1 aliphatic heterocycles. The predicted molar refractivity (Wildman–Crippen MR) is 117 cm³/mol. The lowest BCUT2D eigenvalue weighted by Gasteiger charge is -2.33. The number of likely N-dealkylation sites (tertiary alicyclic amines) is 1. The lowest BCUT2D eigenvalue weighted by Crippen LogP contribution is -2.47. The summed E-state index contributed by atoms with van der Waals surface area (Å²) in [4.78, 5) is 39.7. The summed E-state index contributed by atoms with van der Waals surface area (Å²) in [5.41, 5.74) is 13.1. The molecule has 178 valence electrons. The number of aliphatic imine (C=N–C) groups is 1. The van der Waals surface area contributed by atoms with E-state index in [1.165, 1.54) is 0 Å². The van der Waals surface area contributed by atoms with Crippen molar-refractivity contribution in [3.8, 4) is 0 Å². The predicted octanol–water partition coefficient (Wildman–Crippen LogP) is 1.33. The second-order valence-corrected chi connectivity index (χ2v) is 7.91. The molecule has 1 aliphatic rings. The molecule has 11 heteroatoms. The molecule has 0 aliphatic carbocycles. The van der Waals surface area contributed by atoms with Crippen LogP contribution < -0.4 is 16.9 Å². The molecule has 11 nitrogen and oxygen atoms in total. The average molecular weight is 443 g/mol. The quantitative estimate of drug-likeness (QED) is 0.0904. The number of piperidine rings is 1. The van der Waals surface area contributed by atoms with Crippen molar-refractivity contribution in [2.75, 3.05) is 26.2 Å². The summed E-state index contributed by atoms with van der Waals surface area (Å²) in [7, 11) is 0. The van der Waals surface area contributed by atoms with Crippen molar-refractivity contribution in [2.24, 2.45) is 22.4 Å². The maximum atomic E-state index is 12.5. The number of nitrogens with one attached hydrogen (secondary N) is 1. The smallest absolute Gasteiger partial charge is 0.305 e. The lowest BCUT2D eigenvalue weighted by molar-refractivity contribution is -0.525. The van der Waals surface area contributed by atoms with Crippen LogP contribution in [0.25, 0.3) is 0 Å². The van der Waals surface area contributed by atoms with Crippen molar-refractivity contribution in [1.29, 1.82) is 0 Å². The Balaban J connectivity index is 2.13. The number of hydrogen-bond donors (Lipinski definition) is 3. The molecule has 0 aromatic heterocycles. The highest BCUT2D eigenvalue weighted by Gasteiger charge is 2.25. The third-order valence-electron chi connectivity index (χ3n) is 5.45. The zero-order chi connectivity index (χ0) is 23.1. The maximum Gasteiger partial charge on any atom is 0.305 e. The van der Waals surface area contributed by atoms with E-state index in [-0.39, 0.29) is 24.4 Å². The van der Waals surface area contributed by atoms with Crippen LogP contribution in [-0.4, -0.2) is 60.1 Å². The minimum absolute atomic E-state index is 0.0437. The Morgan fingerprint density at radius 1 is 1.23 bits per heavy atom. The molecule has 31 heavy (non-hydrogen) atoms. The number of esters is 1. The van der Waals surface area contributed by atoms with E-state index in [1.807, 2.05) is 11.8 Å². The SMILES string of the molecule is CCOC(=O)CCCCCCC1CCN(C(=O)[C@@H](N)CCCN=C(N)N[N+](=O)[O-])CC1. The number of carbonyl (C=O) groups is 2. The van der Waals surface area contributed by atoms with Crippen LogP contribution >= 0.6 is 0 Å². The summed E-state index contributed by atoms with van der Waals surface area (Å²) in [6.45, 7) is 4.00. The van der Waals surface area contributed by atoms with Crippen LogP contribution in [-0.2, 0) is 14.3 Å². The van der Waals surface area contributed by atoms with Crippen LogP contribution in [0.4, 0.5) is 0 Å². The van der Waals surface area contributed by atoms with Gasteiger partial charge in [0, 0.05) is 26.1 Å². The normalized spacial score (nSPS) is 16.1. The summed E-state index contributed by atoms with van der Waals surface area (Å²) < 4.78 is 4.92. The van der Waals surface area contributed by atoms with Gasteiger partial charge in [-0.25, -0.2) is 15.1 Å². The molecule has 0 aromatic rings. The largest absolute Gasteiger partial charge is 0.466 e. The summed E-state index contributed by atoms with van der Waals surface area (Å²) in [6, 6.07) is -0.587. The van der Waals surface area contributed by atoms with Gasteiger partial charge in [-0.3, -0.25) is 9.59 Å². The number of nitro groups is 1. The van der Waals surface area contributed by atoms with Crippen molar-refractivity contribution in [2.45, 2.75) is 77.2 Å². The number of hydrogen-bond acceptors (Lipinski definition) is 7. The molecule has 0 saturated carbocycles. The van der Waals surface area contributed by atoms with Crippen LogP contribution in [0.1, 0.15) is 71.1 Å². The van der Waals surface area contributed by atoms with Gasteiger partial charge in [0.2, 0.25) is 5.91 Å². The molecular weight excluding hydrogens is 404 g/mol. The molecule has 0 unspecified atom stereocenters. The Morgan fingerprint density at radius 3 is 2.55 bits per heavy atom. The molecule has 1 saturated heterocycles. The van der Waals surface area contributed by atoms with E-state index in [0.29, 0.717) is 31.8 Å². The maximum absolute atomic E-state index is 12.5. The molecule has 1 fully saturated rings. The third kappa shape index (κ3) is 12.1. The molecule has 0 spiro atoms. The van der Waals surface area contributed by atoms with Crippen LogP contribution in [0.3, 0.4) is 0 Å². The van der Waals surface area contributed by atoms with Gasteiger partial charge in [-0.1, -0.05) is 31.1 Å². The van der Waals surface area contributed by atoms with Crippen molar-refractivity contribution in [3.63, 3.8) is 0 Å². The number of amides is 1. The topological polar surface area (TPSA) is 166 Å². The standard InChI is InChI=1S/C20H38N6O5/c1-2-31-18(27)10-6-4-3-5-8-16-11-14-25(15-12-16)19(28)17(21)9-7-13-23-20(22)24-26(29)30/h16-17H,2-15,21H2,1H3,(H3,22,23,24)/t17-/m0/s1. The molecular formula is C20H38N6O5. The molecule has 0 radical (unpaired) electrons. The van der Waals surface area contributed by atoms with E-state index in [4.69, 9.17) is 16.2 Å². The molecule has 0 aromatic carbocycles. The van der Waals surface area contributed by atoms with Crippen molar-refractivity contribution in [1.82, 2.24) is 10.3 Å². The minimum atomic E-state index is -0.774. The number of hydrazine groups is 1. The average Bonchev–Trinajstić information content (AvgIpc) is 2.73. The van der Waals surface area contributed by atoms with Gasteiger partial charge >= 0.3 is 5.97 Å². The Hall–Kier alpha value is -2.43. The molecule has 0 bridgehead atoms. The minimum Gasteiger partial charge on any atom is -0.466 e. The van der Waals surface area contributed by atoms with E-state index in [1.54, 1.807) is 5.43 Å². The fraction of sp³-hybridized carbons (Fsp3) is 0.850. The number of guanidine groups is 1. The Labute approximate surface area is 184 Å². The van der Waals surface area contributed by atoms with E-state index >= 15 is 0 Å². The second kappa shape index (κ2) is 15.4. The fourth-order valence-corrected chi connectivity index (χ4v) is 3.73. The van der Waals surface area contributed by atoms with Crippen LogP contribution in [0.5, 0.6) is 0 Å². The second-order valence-electron chi connectivity index (χ2n) is 7.91. The van der Waals surface area contributed by atoms with Gasteiger partial charge in [-0.15, -0.1) is 0 Å². The summed E-state index contributed by atoms with van der Waals surface area (Å²) >= 11 is 0. The Morgan fingerprint density at radius 2 is 1.90 bits per heavy atom. The number of nitrogens with zero attached hydrogens (tertiary/aromatic N) is 3. The summed E-state index contributed by atoms with van der Waals surface area (Å²) in [6.07, 6.45) is 8.83. The molecule has 1 heterocycles. The molecule has 1 atom stereocenters. The number of rotatable bonds is 14. The monoisotopic (exact) mass is 442 g/mol. The van der Waals surface area contributed by atoms with Gasteiger partial charge in [0.15, 0.2) is 5.03 Å². The molecule has 1 rings (SSSR count). The van der Waals surface area contributed by atoms with Crippen LogP contribution in [0.15, 0.2) is 4.99 Å². The first-order valence-electron chi connectivity index (χ1n) is 11.2. The number of unbranched alkanes of at least 4 members (excludes halogenated alkanes) is 3. The van der Waals surface area contributed by atoms with Gasteiger partial charge in [0.25, 0.3) is 5.96 Å². The highest BCUT2D eigenvalue weighted by molar-refractivity contribution is 5.81. The van der Waals surface area contributed by atoms with E-state index in [0.717, 1.165) is 58.0 Å². The van der Waals surface area contributed by atoms with E-state index in [2.05, 4.69) is 4.99 Å². The third-order valence-corrected chi connectivity index (χ3v) is 5.45. The highest BCUT2D eigenvalue weighted by atomic mass is 16.7. The number of nitrogens with two attached hydrogens (primary N) is 2. The van der Waals surface area contributed by atoms with Crippen LogP contribution in [0.2, 0.25) is 0 Å².